The lowest BCUT2D eigenvalue weighted by Crippen LogP contribution is -2.52. The van der Waals surface area contributed by atoms with Crippen molar-refractivity contribution < 1.29 is 14.6 Å². The van der Waals surface area contributed by atoms with Gasteiger partial charge in [-0.2, -0.15) is 0 Å². The van der Waals surface area contributed by atoms with Gasteiger partial charge >= 0.3 is 6.09 Å². The van der Waals surface area contributed by atoms with Crippen LogP contribution in [0.2, 0.25) is 0 Å². The van der Waals surface area contributed by atoms with E-state index in [1.807, 2.05) is 27.8 Å². The summed E-state index contributed by atoms with van der Waals surface area (Å²) in [6.45, 7) is 6.89. The van der Waals surface area contributed by atoms with E-state index in [0.29, 0.717) is 13.1 Å². The van der Waals surface area contributed by atoms with Crippen molar-refractivity contribution in [3.63, 3.8) is 0 Å². The summed E-state index contributed by atoms with van der Waals surface area (Å²) in [6.07, 6.45) is 0.562. The van der Waals surface area contributed by atoms with E-state index in [1.54, 1.807) is 4.90 Å². The minimum Gasteiger partial charge on any atom is -0.444 e. The summed E-state index contributed by atoms with van der Waals surface area (Å²) in [5.41, 5.74) is -0.467. The third-order valence-electron chi connectivity index (χ3n) is 2.99. The largest absolute Gasteiger partial charge is 0.444 e. The Morgan fingerprint density at radius 2 is 2.18 bits per heavy atom. The van der Waals surface area contributed by atoms with E-state index in [9.17, 15) is 9.90 Å². The topological polar surface area (TPSA) is 61.8 Å². The fraction of sp³-hybridized carbons (Fsp3) is 0.917. The third-order valence-corrected chi connectivity index (χ3v) is 2.99. The molecule has 0 bridgehead atoms. The van der Waals surface area contributed by atoms with Crippen molar-refractivity contribution >= 4 is 6.09 Å². The van der Waals surface area contributed by atoms with Crippen molar-refractivity contribution in [2.45, 2.75) is 38.8 Å². The number of aliphatic hydroxyl groups is 1. The zero-order valence-corrected chi connectivity index (χ0v) is 11.2. The standard InChI is InChI=1S/C12H24N2O3/c1-12(2,3)17-11(16)14-6-5-10(13-4)9(7-14)8-15/h9-10,13,15H,5-8H2,1-4H3. The highest BCUT2D eigenvalue weighted by molar-refractivity contribution is 5.68. The van der Waals surface area contributed by atoms with E-state index in [0.717, 1.165) is 6.42 Å². The molecule has 2 atom stereocenters. The van der Waals surface area contributed by atoms with Crippen molar-refractivity contribution in [2.24, 2.45) is 5.92 Å². The highest BCUT2D eigenvalue weighted by Gasteiger charge is 2.32. The number of amides is 1. The molecule has 1 heterocycles. The van der Waals surface area contributed by atoms with Gasteiger partial charge in [0.05, 0.1) is 0 Å². The Bertz CT molecular complexity index is 263. The second-order valence-corrected chi connectivity index (χ2v) is 5.55. The molecule has 2 unspecified atom stereocenters. The van der Waals surface area contributed by atoms with E-state index in [4.69, 9.17) is 4.74 Å². The first-order valence-electron chi connectivity index (χ1n) is 6.13. The van der Waals surface area contributed by atoms with Gasteiger partial charge < -0.3 is 20.1 Å². The van der Waals surface area contributed by atoms with Crippen LogP contribution in [0.5, 0.6) is 0 Å². The second-order valence-electron chi connectivity index (χ2n) is 5.55. The predicted octanol–water partition coefficient (Wildman–Crippen LogP) is 0.824. The Kier molecular flexibility index (Phi) is 4.77. The number of aliphatic hydroxyl groups excluding tert-OH is 1. The first kappa shape index (κ1) is 14.3. The van der Waals surface area contributed by atoms with Crippen LogP contribution in [0.4, 0.5) is 4.79 Å². The lowest BCUT2D eigenvalue weighted by molar-refractivity contribution is 0.00887. The highest BCUT2D eigenvalue weighted by atomic mass is 16.6. The average Bonchev–Trinajstić information content (AvgIpc) is 2.25. The smallest absolute Gasteiger partial charge is 0.410 e. The number of hydrogen-bond acceptors (Lipinski definition) is 4. The van der Waals surface area contributed by atoms with Crippen LogP contribution in [0, 0.1) is 5.92 Å². The maximum atomic E-state index is 11.9. The number of nitrogens with zero attached hydrogens (tertiary/aromatic N) is 1. The zero-order valence-electron chi connectivity index (χ0n) is 11.2. The molecule has 5 heteroatoms. The van der Waals surface area contributed by atoms with Crippen LogP contribution >= 0.6 is 0 Å². The Morgan fingerprint density at radius 3 is 2.65 bits per heavy atom. The molecule has 17 heavy (non-hydrogen) atoms. The Balaban J connectivity index is 2.54. The van der Waals surface area contributed by atoms with Crippen LogP contribution in [-0.2, 0) is 4.74 Å². The van der Waals surface area contributed by atoms with Crippen molar-refractivity contribution in [3.05, 3.63) is 0 Å². The van der Waals surface area contributed by atoms with Gasteiger partial charge in [-0.3, -0.25) is 0 Å². The lowest BCUT2D eigenvalue weighted by Gasteiger charge is -2.38. The third kappa shape index (κ3) is 4.16. The number of nitrogens with one attached hydrogen (secondary N) is 1. The minimum absolute atomic E-state index is 0.0845. The molecule has 1 rings (SSSR count). The number of carbonyl (C=O) groups excluding carboxylic acids is 1. The summed E-state index contributed by atoms with van der Waals surface area (Å²) in [4.78, 5) is 13.6. The molecule has 0 spiro atoms. The molecule has 5 nitrogen and oxygen atoms in total. The number of ether oxygens (including phenoxy) is 1. The van der Waals surface area contributed by atoms with Crippen LogP contribution in [-0.4, -0.2) is 54.5 Å². The van der Waals surface area contributed by atoms with Gasteiger partial charge in [0.25, 0.3) is 0 Å². The molecule has 0 radical (unpaired) electrons. The molecule has 0 aromatic heterocycles. The van der Waals surface area contributed by atoms with Crippen LogP contribution in [0.25, 0.3) is 0 Å². The summed E-state index contributed by atoms with van der Waals surface area (Å²) in [5.74, 6) is 0.0845. The van der Waals surface area contributed by atoms with Gasteiger partial charge in [0, 0.05) is 31.7 Å². The fourth-order valence-corrected chi connectivity index (χ4v) is 2.09. The molecule has 1 fully saturated rings. The number of hydrogen-bond donors (Lipinski definition) is 2. The van der Waals surface area contributed by atoms with E-state index < -0.39 is 5.60 Å². The molecule has 1 amide bonds. The summed E-state index contributed by atoms with van der Waals surface area (Å²) in [7, 11) is 1.89. The average molecular weight is 244 g/mol. The number of rotatable bonds is 2. The minimum atomic E-state index is -0.467. The summed E-state index contributed by atoms with van der Waals surface area (Å²) < 4.78 is 5.32. The van der Waals surface area contributed by atoms with Crippen molar-refractivity contribution in [1.29, 1.82) is 0 Å². The molecule has 1 aliphatic heterocycles. The molecule has 1 aliphatic rings. The Hall–Kier alpha value is -0.810. The van der Waals surface area contributed by atoms with E-state index >= 15 is 0 Å². The first-order valence-corrected chi connectivity index (χ1v) is 6.13. The van der Waals surface area contributed by atoms with Gasteiger partial charge in [0.1, 0.15) is 5.60 Å². The van der Waals surface area contributed by atoms with Gasteiger partial charge in [-0.25, -0.2) is 4.79 Å². The van der Waals surface area contributed by atoms with E-state index in [2.05, 4.69) is 5.32 Å². The number of piperidine rings is 1. The predicted molar refractivity (Wildman–Crippen MR) is 65.8 cm³/mol. The van der Waals surface area contributed by atoms with Crippen molar-refractivity contribution in [3.8, 4) is 0 Å². The second kappa shape index (κ2) is 5.69. The highest BCUT2D eigenvalue weighted by Crippen LogP contribution is 2.19. The van der Waals surface area contributed by atoms with Gasteiger partial charge in [-0.1, -0.05) is 0 Å². The van der Waals surface area contributed by atoms with Gasteiger partial charge in [-0.05, 0) is 34.2 Å². The Morgan fingerprint density at radius 1 is 1.53 bits per heavy atom. The zero-order chi connectivity index (χ0) is 13.1. The summed E-state index contributed by atoms with van der Waals surface area (Å²) >= 11 is 0. The molecule has 0 aliphatic carbocycles. The summed E-state index contributed by atoms with van der Waals surface area (Å²) in [6, 6.07) is 0.277. The summed E-state index contributed by atoms with van der Waals surface area (Å²) in [5, 5.41) is 12.5. The van der Waals surface area contributed by atoms with Gasteiger partial charge in [-0.15, -0.1) is 0 Å². The van der Waals surface area contributed by atoms with Gasteiger partial charge in [0.2, 0.25) is 0 Å². The maximum Gasteiger partial charge on any atom is 0.410 e. The molecule has 1 saturated heterocycles. The molecule has 100 valence electrons. The fourth-order valence-electron chi connectivity index (χ4n) is 2.09. The van der Waals surface area contributed by atoms with Crippen LogP contribution < -0.4 is 5.32 Å². The molecular formula is C12H24N2O3. The normalized spacial score (nSPS) is 25.8. The lowest BCUT2D eigenvalue weighted by atomic mass is 9.93. The Labute approximate surface area is 103 Å². The maximum absolute atomic E-state index is 11.9. The molecule has 0 aromatic rings. The monoisotopic (exact) mass is 244 g/mol. The molecule has 0 aromatic carbocycles. The van der Waals surface area contributed by atoms with Crippen molar-refractivity contribution in [2.75, 3.05) is 26.7 Å². The quantitative estimate of drug-likeness (QED) is 0.755. The van der Waals surface area contributed by atoms with E-state index in [-0.39, 0.29) is 24.7 Å². The first-order chi connectivity index (χ1) is 7.87. The van der Waals surface area contributed by atoms with Gasteiger partial charge in [0.15, 0.2) is 0 Å². The van der Waals surface area contributed by atoms with E-state index in [1.165, 1.54) is 0 Å². The number of likely N-dealkylation sites (tertiary alicyclic amines) is 1. The number of carbonyl (C=O) groups is 1. The van der Waals surface area contributed by atoms with Crippen LogP contribution in [0.15, 0.2) is 0 Å². The molecule has 2 N–H and O–H groups in total. The molecular weight excluding hydrogens is 220 g/mol. The van der Waals surface area contributed by atoms with Crippen molar-refractivity contribution in [1.82, 2.24) is 10.2 Å². The SMILES string of the molecule is CNC1CCN(C(=O)OC(C)(C)C)CC1CO. The van der Waals surface area contributed by atoms with Crippen LogP contribution in [0.1, 0.15) is 27.2 Å². The molecule has 0 saturated carbocycles. The van der Waals surface area contributed by atoms with Crippen LogP contribution in [0.3, 0.4) is 0 Å².